The summed E-state index contributed by atoms with van der Waals surface area (Å²) >= 11 is 5.91. The number of fused-ring (bicyclic) bond motifs is 1. The fourth-order valence-corrected chi connectivity index (χ4v) is 3.61. The number of rotatable bonds is 5. The normalized spacial score (nSPS) is 11.5. The molecular weight excluding hydrogens is 374 g/mol. The van der Waals surface area contributed by atoms with Gasteiger partial charge < -0.3 is 5.32 Å². The molecule has 0 atom stereocenters. The van der Waals surface area contributed by atoms with Gasteiger partial charge >= 0.3 is 0 Å². The Morgan fingerprint density at radius 1 is 1.15 bits per heavy atom. The van der Waals surface area contributed by atoms with Gasteiger partial charge in [0.25, 0.3) is 0 Å². The van der Waals surface area contributed by atoms with Crippen LogP contribution in [0.5, 0.6) is 0 Å². The van der Waals surface area contributed by atoms with Gasteiger partial charge in [-0.1, -0.05) is 29.8 Å². The minimum atomic E-state index is -3.81. The first kappa shape index (κ1) is 18.3. The van der Waals surface area contributed by atoms with E-state index in [1.807, 2.05) is 12.1 Å². The highest BCUT2D eigenvalue weighted by Gasteiger charge is 2.17. The van der Waals surface area contributed by atoms with Gasteiger partial charge in [0.15, 0.2) is 0 Å². The zero-order valence-electron chi connectivity index (χ0n) is 13.9. The first-order valence-corrected chi connectivity index (χ1v) is 9.62. The average molecular weight is 390 g/mol. The van der Waals surface area contributed by atoms with Crippen molar-refractivity contribution in [2.75, 3.05) is 11.9 Å². The van der Waals surface area contributed by atoms with Gasteiger partial charge in [0, 0.05) is 16.6 Å². The van der Waals surface area contributed by atoms with Crippen molar-refractivity contribution in [2.45, 2.75) is 11.8 Å². The lowest BCUT2D eigenvalue weighted by atomic mass is 10.2. The number of aromatic nitrogens is 1. The topological polar surface area (TPSA) is 88.2 Å². The largest absolute Gasteiger partial charge is 0.323 e. The lowest BCUT2D eigenvalue weighted by molar-refractivity contribution is -0.115. The molecule has 2 aromatic carbocycles. The maximum Gasteiger partial charge on any atom is 0.241 e. The highest BCUT2D eigenvalue weighted by molar-refractivity contribution is 7.89. The van der Waals surface area contributed by atoms with Crippen LogP contribution in [0.4, 0.5) is 5.69 Å². The van der Waals surface area contributed by atoms with Crippen LogP contribution in [0.1, 0.15) is 5.56 Å². The Hall–Kier alpha value is -2.48. The highest BCUT2D eigenvalue weighted by Crippen LogP contribution is 2.21. The molecule has 0 radical (unpaired) electrons. The average Bonchev–Trinajstić information content (AvgIpc) is 2.63. The SMILES string of the molecule is Cc1cc(S(=O)(=O)NCC(=O)Nc2cccc3cccnc23)ccc1Cl. The Labute approximate surface area is 156 Å². The van der Waals surface area contributed by atoms with Gasteiger partial charge in [-0.25, -0.2) is 13.1 Å². The molecule has 0 unspecified atom stereocenters. The summed E-state index contributed by atoms with van der Waals surface area (Å²) in [6, 6.07) is 13.4. The van der Waals surface area contributed by atoms with Crippen molar-refractivity contribution in [3.05, 3.63) is 65.3 Å². The van der Waals surface area contributed by atoms with Crippen molar-refractivity contribution < 1.29 is 13.2 Å². The molecule has 1 aromatic heterocycles. The van der Waals surface area contributed by atoms with Crippen molar-refractivity contribution >= 4 is 44.1 Å². The maximum absolute atomic E-state index is 12.3. The van der Waals surface area contributed by atoms with Crippen molar-refractivity contribution in [2.24, 2.45) is 0 Å². The fraction of sp³-hybridized carbons (Fsp3) is 0.111. The summed E-state index contributed by atoms with van der Waals surface area (Å²) in [6.07, 6.45) is 1.63. The van der Waals surface area contributed by atoms with Crippen LogP contribution >= 0.6 is 11.6 Å². The molecular formula is C18H16ClN3O3S. The van der Waals surface area contributed by atoms with E-state index < -0.39 is 22.5 Å². The number of amides is 1. The Morgan fingerprint density at radius 2 is 1.92 bits per heavy atom. The molecule has 0 saturated carbocycles. The molecule has 0 aliphatic carbocycles. The van der Waals surface area contributed by atoms with Gasteiger partial charge in [-0.2, -0.15) is 0 Å². The van der Waals surface area contributed by atoms with Crippen LogP contribution in [0, 0.1) is 6.92 Å². The third kappa shape index (κ3) is 4.01. The molecule has 2 N–H and O–H groups in total. The van der Waals surface area contributed by atoms with E-state index in [-0.39, 0.29) is 4.90 Å². The molecule has 0 bridgehead atoms. The zero-order chi connectivity index (χ0) is 18.7. The van der Waals surface area contributed by atoms with E-state index in [0.717, 1.165) is 5.39 Å². The predicted molar refractivity (Wildman–Crippen MR) is 102 cm³/mol. The predicted octanol–water partition coefficient (Wildman–Crippen LogP) is 3.11. The van der Waals surface area contributed by atoms with E-state index in [1.165, 1.54) is 18.2 Å². The first-order chi connectivity index (χ1) is 12.4. The van der Waals surface area contributed by atoms with Crippen LogP contribution in [-0.4, -0.2) is 25.9 Å². The lowest BCUT2D eigenvalue weighted by Crippen LogP contribution is -2.33. The van der Waals surface area contributed by atoms with Gasteiger partial charge in [0.2, 0.25) is 15.9 Å². The number of sulfonamides is 1. The number of anilines is 1. The van der Waals surface area contributed by atoms with Crippen LogP contribution in [-0.2, 0) is 14.8 Å². The van der Waals surface area contributed by atoms with E-state index in [0.29, 0.717) is 21.8 Å². The van der Waals surface area contributed by atoms with E-state index in [1.54, 1.807) is 31.3 Å². The summed E-state index contributed by atoms with van der Waals surface area (Å²) in [5.74, 6) is -0.489. The number of pyridine rings is 1. The molecule has 3 rings (SSSR count). The standard InChI is InChI=1S/C18H16ClN3O3S/c1-12-10-14(7-8-15(12)19)26(24,25)21-11-17(23)22-16-6-2-4-13-5-3-9-20-18(13)16/h2-10,21H,11H2,1H3,(H,22,23). The molecule has 0 spiro atoms. The number of hydrogen-bond donors (Lipinski definition) is 2. The number of nitrogens with zero attached hydrogens (tertiary/aromatic N) is 1. The van der Waals surface area contributed by atoms with Crippen LogP contribution in [0.3, 0.4) is 0 Å². The summed E-state index contributed by atoms with van der Waals surface area (Å²) < 4.78 is 26.9. The van der Waals surface area contributed by atoms with E-state index >= 15 is 0 Å². The van der Waals surface area contributed by atoms with Crippen molar-refractivity contribution in [1.82, 2.24) is 9.71 Å². The number of carbonyl (C=O) groups excluding carboxylic acids is 1. The Bertz CT molecular complexity index is 1080. The molecule has 26 heavy (non-hydrogen) atoms. The van der Waals surface area contributed by atoms with Crippen LogP contribution in [0.2, 0.25) is 5.02 Å². The summed E-state index contributed by atoms with van der Waals surface area (Å²) in [7, 11) is -3.81. The molecule has 1 amide bonds. The number of hydrogen-bond acceptors (Lipinski definition) is 4. The van der Waals surface area contributed by atoms with Crippen LogP contribution in [0.15, 0.2) is 59.6 Å². The number of aryl methyl sites for hydroxylation is 1. The van der Waals surface area contributed by atoms with Gasteiger partial charge in [-0.05, 0) is 42.8 Å². The second-order valence-electron chi connectivity index (χ2n) is 5.66. The number of halogens is 1. The molecule has 0 aliphatic rings. The first-order valence-electron chi connectivity index (χ1n) is 7.76. The molecule has 0 aliphatic heterocycles. The second-order valence-corrected chi connectivity index (χ2v) is 7.84. The van der Waals surface area contributed by atoms with Gasteiger partial charge in [0.1, 0.15) is 0 Å². The maximum atomic E-state index is 12.3. The number of para-hydroxylation sites is 1. The minimum Gasteiger partial charge on any atom is -0.323 e. The number of benzene rings is 2. The smallest absolute Gasteiger partial charge is 0.241 e. The molecule has 0 saturated heterocycles. The lowest BCUT2D eigenvalue weighted by Gasteiger charge is -2.10. The van der Waals surface area contributed by atoms with Gasteiger partial charge in [-0.3, -0.25) is 9.78 Å². The Kier molecular flexibility index (Phi) is 5.22. The van der Waals surface area contributed by atoms with E-state index in [9.17, 15) is 13.2 Å². The Morgan fingerprint density at radius 3 is 2.69 bits per heavy atom. The third-order valence-electron chi connectivity index (χ3n) is 3.77. The van der Waals surface area contributed by atoms with Gasteiger partial charge in [-0.15, -0.1) is 0 Å². The summed E-state index contributed by atoms with van der Waals surface area (Å²) in [5, 5.41) is 4.03. The van der Waals surface area contributed by atoms with Crippen molar-refractivity contribution in [3.63, 3.8) is 0 Å². The summed E-state index contributed by atoms with van der Waals surface area (Å²) in [5.41, 5.74) is 1.80. The number of carbonyl (C=O) groups is 1. The fourth-order valence-electron chi connectivity index (χ4n) is 2.43. The molecule has 3 aromatic rings. The van der Waals surface area contributed by atoms with Crippen molar-refractivity contribution in [3.8, 4) is 0 Å². The van der Waals surface area contributed by atoms with Crippen LogP contribution in [0.25, 0.3) is 10.9 Å². The quantitative estimate of drug-likeness (QED) is 0.701. The monoisotopic (exact) mass is 389 g/mol. The van der Waals surface area contributed by atoms with E-state index in [4.69, 9.17) is 11.6 Å². The second kappa shape index (κ2) is 7.41. The molecule has 6 nitrogen and oxygen atoms in total. The third-order valence-corrected chi connectivity index (χ3v) is 5.59. The highest BCUT2D eigenvalue weighted by atomic mass is 35.5. The van der Waals surface area contributed by atoms with E-state index in [2.05, 4.69) is 15.0 Å². The molecule has 0 fully saturated rings. The van der Waals surface area contributed by atoms with Crippen LogP contribution < -0.4 is 10.0 Å². The molecule has 1 heterocycles. The zero-order valence-corrected chi connectivity index (χ0v) is 15.4. The molecule has 134 valence electrons. The number of nitrogens with one attached hydrogen (secondary N) is 2. The summed E-state index contributed by atoms with van der Waals surface area (Å²) in [4.78, 5) is 16.5. The molecule has 8 heteroatoms. The summed E-state index contributed by atoms with van der Waals surface area (Å²) in [6.45, 7) is 1.31. The van der Waals surface area contributed by atoms with Gasteiger partial charge in [0.05, 0.1) is 22.6 Å². The van der Waals surface area contributed by atoms with Crippen molar-refractivity contribution in [1.29, 1.82) is 0 Å². The Balaban J connectivity index is 1.71. The minimum absolute atomic E-state index is 0.0547.